The van der Waals surface area contributed by atoms with E-state index in [0.717, 1.165) is 11.4 Å². The monoisotopic (exact) mass is 357 g/mol. The van der Waals surface area contributed by atoms with Crippen molar-refractivity contribution in [3.63, 3.8) is 0 Å². The van der Waals surface area contributed by atoms with Crippen LogP contribution in [0.4, 0.5) is 17.1 Å². The number of carbonyl (C=O) groups is 1. The molecule has 1 heterocycles. The van der Waals surface area contributed by atoms with E-state index in [4.69, 9.17) is 23.2 Å². The number of carbonyl (C=O) groups excluding carboxylic acids is 1. The van der Waals surface area contributed by atoms with E-state index >= 15 is 0 Å². The minimum absolute atomic E-state index is 0.294. The van der Waals surface area contributed by atoms with Crippen LogP contribution in [-0.4, -0.2) is 10.9 Å². The first-order valence-corrected chi connectivity index (χ1v) is 7.91. The molecule has 0 aliphatic heterocycles. The largest absolute Gasteiger partial charge is 0.355 e. The highest BCUT2D eigenvalue weighted by molar-refractivity contribution is 6.31. The van der Waals surface area contributed by atoms with Gasteiger partial charge in [0.05, 0.1) is 0 Å². The lowest BCUT2D eigenvalue weighted by Gasteiger charge is -2.09. The van der Waals surface area contributed by atoms with Crippen LogP contribution < -0.4 is 10.6 Å². The molecule has 1 amide bonds. The van der Waals surface area contributed by atoms with Gasteiger partial charge in [0.15, 0.2) is 0 Å². The van der Waals surface area contributed by atoms with Gasteiger partial charge in [-0.2, -0.15) is 0 Å². The molecule has 0 aliphatic carbocycles. The summed E-state index contributed by atoms with van der Waals surface area (Å²) in [5.41, 5.74) is 2.59. The smallest absolute Gasteiger partial charge is 0.274 e. The molecule has 0 fully saturated rings. The first kappa shape index (κ1) is 16.3. The second-order valence-corrected chi connectivity index (χ2v) is 5.90. The highest BCUT2D eigenvalue weighted by Gasteiger charge is 2.08. The molecule has 4 nitrogen and oxygen atoms in total. The van der Waals surface area contributed by atoms with Crippen molar-refractivity contribution in [1.29, 1.82) is 0 Å². The number of amides is 1. The Balaban J connectivity index is 1.73. The number of benzene rings is 2. The normalized spacial score (nSPS) is 10.2. The number of anilines is 3. The van der Waals surface area contributed by atoms with Crippen molar-refractivity contribution in [3.05, 3.63) is 82.6 Å². The van der Waals surface area contributed by atoms with Crippen molar-refractivity contribution >= 4 is 46.2 Å². The minimum Gasteiger partial charge on any atom is -0.355 e. The molecule has 3 aromatic rings. The lowest BCUT2D eigenvalue weighted by atomic mass is 10.2. The van der Waals surface area contributed by atoms with E-state index in [0.29, 0.717) is 21.4 Å². The first-order chi connectivity index (χ1) is 11.6. The summed E-state index contributed by atoms with van der Waals surface area (Å²) in [5.74, 6) is -0.294. The van der Waals surface area contributed by atoms with Crippen LogP contribution in [0.25, 0.3) is 0 Å². The number of aromatic nitrogens is 1. The summed E-state index contributed by atoms with van der Waals surface area (Å²) in [7, 11) is 0. The van der Waals surface area contributed by atoms with E-state index in [9.17, 15) is 4.79 Å². The van der Waals surface area contributed by atoms with Crippen LogP contribution in [0.1, 0.15) is 10.5 Å². The molecule has 0 saturated carbocycles. The summed E-state index contributed by atoms with van der Waals surface area (Å²) in [6.45, 7) is 0. The van der Waals surface area contributed by atoms with Crippen molar-refractivity contribution in [2.45, 2.75) is 0 Å². The molecule has 0 bridgehead atoms. The average molecular weight is 358 g/mol. The molecule has 0 radical (unpaired) electrons. The Morgan fingerprint density at radius 2 is 1.38 bits per heavy atom. The number of nitrogens with zero attached hydrogens (tertiary/aromatic N) is 1. The maximum Gasteiger partial charge on any atom is 0.274 e. The predicted molar refractivity (Wildman–Crippen MR) is 98.4 cm³/mol. The fraction of sp³-hybridized carbons (Fsp3) is 0. The van der Waals surface area contributed by atoms with Crippen molar-refractivity contribution in [1.82, 2.24) is 4.98 Å². The fourth-order valence-electron chi connectivity index (χ4n) is 2.06. The Bertz CT molecular complexity index is 849. The number of pyridine rings is 1. The summed E-state index contributed by atoms with van der Waals surface area (Å²) >= 11 is 11.7. The lowest BCUT2D eigenvalue weighted by Crippen LogP contribution is -2.13. The molecule has 0 unspecified atom stereocenters. The quantitative estimate of drug-likeness (QED) is 0.658. The highest BCUT2D eigenvalue weighted by Crippen LogP contribution is 2.20. The third-order valence-corrected chi connectivity index (χ3v) is 3.73. The fourth-order valence-corrected chi connectivity index (χ4v) is 2.31. The van der Waals surface area contributed by atoms with Crippen LogP contribution in [0.5, 0.6) is 0 Å². The van der Waals surface area contributed by atoms with Gasteiger partial charge in [0, 0.05) is 33.3 Å². The van der Waals surface area contributed by atoms with Crippen molar-refractivity contribution in [2.24, 2.45) is 0 Å². The molecule has 2 aromatic carbocycles. The van der Waals surface area contributed by atoms with E-state index in [1.165, 1.54) is 0 Å². The molecule has 0 atom stereocenters. The molecule has 3 rings (SSSR count). The Kier molecular flexibility index (Phi) is 4.99. The Morgan fingerprint density at radius 1 is 0.792 bits per heavy atom. The summed E-state index contributed by atoms with van der Waals surface area (Å²) in [6, 6.07) is 17.6. The van der Waals surface area contributed by atoms with Gasteiger partial charge < -0.3 is 10.6 Å². The average Bonchev–Trinajstić information content (AvgIpc) is 2.59. The van der Waals surface area contributed by atoms with E-state index in [-0.39, 0.29) is 5.91 Å². The number of rotatable bonds is 4. The molecular formula is C18H13Cl2N3O. The minimum atomic E-state index is -0.294. The zero-order valence-corrected chi connectivity index (χ0v) is 14.0. The van der Waals surface area contributed by atoms with Crippen LogP contribution in [0.15, 0.2) is 66.9 Å². The van der Waals surface area contributed by atoms with Crippen molar-refractivity contribution in [3.8, 4) is 0 Å². The second-order valence-electron chi connectivity index (χ2n) is 5.02. The number of hydrogen-bond donors (Lipinski definition) is 2. The van der Waals surface area contributed by atoms with Gasteiger partial charge in [-0.15, -0.1) is 0 Å². The van der Waals surface area contributed by atoms with Gasteiger partial charge in [-0.25, -0.2) is 0 Å². The Hall–Kier alpha value is -2.56. The third-order valence-electron chi connectivity index (χ3n) is 3.23. The first-order valence-electron chi connectivity index (χ1n) is 7.16. The summed E-state index contributed by atoms with van der Waals surface area (Å²) in [6.07, 6.45) is 1.58. The maximum atomic E-state index is 12.3. The van der Waals surface area contributed by atoms with Gasteiger partial charge in [0.2, 0.25) is 0 Å². The van der Waals surface area contributed by atoms with Crippen molar-refractivity contribution < 1.29 is 4.79 Å². The zero-order chi connectivity index (χ0) is 16.9. The molecule has 120 valence electrons. The summed E-state index contributed by atoms with van der Waals surface area (Å²) in [4.78, 5) is 16.4. The summed E-state index contributed by atoms with van der Waals surface area (Å²) in [5, 5.41) is 7.26. The van der Waals surface area contributed by atoms with Crippen LogP contribution in [-0.2, 0) is 0 Å². The van der Waals surface area contributed by atoms with Crippen LogP contribution in [0.2, 0.25) is 10.0 Å². The van der Waals surface area contributed by atoms with Gasteiger partial charge in [-0.1, -0.05) is 23.2 Å². The van der Waals surface area contributed by atoms with Gasteiger partial charge in [-0.05, 0) is 60.7 Å². The van der Waals surface area contributed by atoms with E-state index in [1.807, 2.05) is 12.1 Å². The molecule has 0 saturated heterocycles. The molecule has 1 aromatic heterocycles. The highest BCUT2D eigenvalue weighted by atomic mass is 35.5. The topological polar surface area (TPSA) is 54.0 Å². The summed E-state index contributed by atoms with van der Waals surface area (Å²) < 4.78 is 0. The number of halogens is 2. The predicted octanol–water partition coefficient (Wildman–Crippen LogP) is 5.38. The van der Waals surface area contributed by atoms with Crippen LogP contribution in [0.3, 0.4) is 0 Å². The number of hydrogen-bond acceptors (Lipinski definition) is 3. The van der Waals surface area contributed by atoms with Gasteiger partial charge >= 0.3 is 0 Å². The second kappa shape index (κ2) is 7.34. The molecule has 6 heteroatoms. The molecule has 0 aliphatic rings. The number of nitrogens with one attached hydrogen (secondary N) is 2. The standard InChI is InChI=1S/C18H13Cl2N3O/c19-12-1-5-14(6-2-12)22-16-9-10-21-17(11-16)18(24)23-15-7-3-13(20)4-8-15/h1-11H,(H,21,22)(H,23,24). The van der Waals surface area contributed by atoms with Gasteiger partial charge in [-0.3, -0.25) is 9.78 Å². The van der Waals surface area contributed by atoms with Crippen LogP contribution in [0, 0.1) is 0 Å². The molecule has 0 spiro atoms. The maximum absolute atomic E-state index is 12.3. The molecular weight excluding hydrogens is 345 g/mol. The van der Waals surface area contributed by atoms with Gasteiger partial charge in [0.1, 0.15) is 5.69 Å². The molecule has 24 heavy (non-hydrogen) atoms. The third kappa shape index (κ3) is 4.25. The van der Waals surface area contributed by atoms with Crippen molar-refractivity contribution in [2.75, 3.05) is 10.6 Å². The Labute approximate surface area is 149 Å². The van der Waals surface area contributed by atoms with E-state index in [1.54, 1.807) is 54.7 Å². The SMILES string of the molecule is O=C(Nc1ccc(Cl)cc1)c1cc(Nc2ccc(Cl)cc2)ccn1. The van der Waals surface area contributed by atoms with E-state index in [2.05, 4.69) is 15.6 Å². The van der Waals surface area contributed by atoms with Crippen LogP contribution >= 0.6 is 23.2 Å². The zero-order valence-electron chi connectivity index (χ0n) is 12.5. The lowest BCUT2D eigenvalue weighted by molar-refractivity contribution is 0.102. The van der Waals surface area contributed by atoms with Gasteiger partial charge in [0.25, 0.3) is 5.91 Å². The molecule has 2 N–H and O–H groups in total. The Morgan fingerprint density at radius 3 is 2.00 bits per heavy atom. The van der Waals surface area contributed by atoms with E-state index < -0.39 is 0 Å².